The Morgan fingerprint density at radius 1 is 1.19 bits per heavy atom. The standard InChI is InChI=1S/C15H13Cl2NO2S/c1-2-20-15(19)9-3-6-14(13(18)7-9)21-10-4-5-11(16)12(17)8-10/h3-8H,2,18H2,1H3. The lowest BCUT2D eigenvalue weighted by Gasteiger charge is -2.08. The summed E-state index contributed by atoms with van der Waals surface area (Å²) in [7, 11) is 0. The first kappa shape index (κ1) is 16.0. The summed E-state index contributed by atoms with van der Waals surface area (Å²) < 4.78 is 4.94. The van der Waals surface area contributed by atoms with E-state index in [1.54, 1.807) is 37.3 Å². The highest BCUT2D eigenvalue weighted by Gasteiger charge is 2.10. The Balaban J connectivity index is 2.21. The molecule has 0 heterocycles. The number of esters is 1. The SMILES string of the molecule is CCOC(=O)c1ccc(Sc2ccc(Cl)c(Cl)c2)c(N)c1. The largest absolute Gasteiger partial charge is 0.462 e. The molecular formula is C15H13Cl2NO2S. The molecule has 0 radical (unpaired) electrons. The number of hydrogen-bond donors (Lipinski definition) is 1. The van der Waals surface area contributed by atoms with E-state index in [-0.39, 0.29) is 5.97 Å². The Kier molecular flexibility index (Phi) is 5.39. The number of carbonyl (C=O) groups is 1. The summed E-state index contributed by atoms with van der Waals surface area (Å²) in [6.45, 7) is 2.09. The molecule has 0 amide bonds. The summed E-state index contributed by atoms with van der Waals surface area (Å²) in [5, 5.41) is 0.995. The fourth-order valence-electron chi connectivity index (χ4n) is 1.65. The van der Waals surface area contributed by atoms with E-state index in [0.717, 1.165) is 9.79 Å². The smallest absolute Gasteiger partial charge is 0.338 e. The second-order valence-electron chi connectivity index (χ2n) is 4.15. The van der Waals surface area contributed by atoms with Crippen LogP contribution < -0.4 is 5.73 Å². The maximum Gasteiger partial charge on any atom is 0.338 e. The van der Waals surface area contributed by atoms with E-state index in [9.17, 15) is 4.79 Å². The van der Waals surface area contributed by atoms with Crippen LogP contribution in [0, 0.1) is 0 Å². The zero-order valence-electron chi connectivity index (χ0n) is 11.2. The molecule has 0 saturated heterocycles. The van der Waals surface area contributed by atoms with E-state index in [1.807, 2.05) is 6.07 Å². The topological polar surface area (TPSA) is 52.3 Å². The number of hydrogen-bond acceptors (Lipinski definition) is 4. The third kappa shape index (κ3) is 4.06. The number of nitrogen functional groups attached to an aromatic ring is 1. The van der Waals surface area contributed by atoms with Crippen molar-refractivity contribution in [2.24, 2.45) is 0 Å². The van der Waals surface area contributed by atoms with Gasteiger partial charge in [0.15, 0.2) is 0 Å². The van der Waals surface area contributed by atoms with E-state index in [0.29, 0.717) is 27.9 Å². The van der Waals surface area contributed by atoms with E-state index in [1.165, 1.54) is 11.8 Å². The molecule has 2 rings (SSSR count). The van der Waals surface area contributed by atoms with Gasteiger partial charge in [-0.05, 0) is 43.3 Å². The Morgan fingerprint density at radius 2 is 1.95 bits per heavy atom. The first-order valence-corrected chi connectivity index (χ1v) is 7.78. The molecule has 0 aliphatic carbocycles. The van der Waals surface area contributed by atoms with Gasteiger partial charge in [0.05, 0.1) is 22.2 Å². The summed E-state index contributed by atoms with van der Waals surface area (Å²) in [5.41, 5.74) is 6.93. The molecule has 3 nitrogen and oxygen atoms in total. The molecule has 6 heteroatoms. The van der Waals surface area contributed by atoms with Gasteiger partial charge < -0.3 is 10.5 Å². The van der Waals surface area contributed by atoms with Crippen molar-refractivity contribution in [3.8, 4) is 0 Å². The van der Waals surface area contributed by atoms with Gasteiger partial charge in [-0.15, -0.1) is 0 Å². The summed E-state index contributed by atoms with van der Waals surface area (Å²) in [6.07, 6.45) is 0. The Labute approximate surface area is 137 Å². The van der Waals surface area contributed by atoms with Crippen molar-refractivity contribution in [1.82, 2.24) is 0 Å². The minimum Gasteiger partial charge on any atom is -0.462 e. The fourth-order valence-corrected chi connectivity index (χ4v) is 2.89. The van der Waals surface area contributed by atoms with Gasteiger partial charge in [-0.2, -0.15) is 0 Å². The van der Waals surface area contributed by atoms with Crippen LogP contribution in [0.1, 0.15) is 17.3 Å². The van der Waals surface area contributed by atoms with Crippen LogP contribution in [0.2, 0.25) is 10.0 Å². The molecule has 0 unspecified atom stereocenters. The molecule has 2 aromatic rings. The van der Waals surface area contributed by atoms with Gasteiger partial charge >= 0.3 is 5.97 Å². The highest BCUT2D eigenvalue weighted by molar-refractivity contribution is 7.99. The molecule has 2 aromatic carbocycles. The van der Waals surface area contributed by atoms with Crippen molar-refractivity contribution in [2.45, 2.75) is 16.7 Å². The van der Waals surface area contributed by atoms with Crippen LogP contribution in [-0.2, 0) is 4.74 Å². The van der Waals surface area contributed by atoms with Crippen LogP contribution in [-0.4, -0.2) is 12.6 Å². The van der Waals surface area contributed by atoms with E-state index >= 15 is 0 Å². The summed E-state index contributed by atoms with van der Waals surface area (Å²) >= 11 is 13.3. The van der Waals surface area contributed by atoms with E-state index in [4.69, 9.17) is 33.7 Å². The zero-order chi connectivity index (χ0) is 15.4. The molecule has 0 atom stereocenters. The predicted octanol–water partition coefficient (Wildman–Crippen LogP) is 4.90. The number of ether oxygens (including phenoxy) is 1. The van der Waals surface area contributed by atoms with Crippen LogP contribution >= 0.6 is 35.0 Å². The molecule has 110 valence electrons. The van der Waals surface area contributed by atoms with Crippen molar-refractivity contribution in [3.05, 3.63) is 52.0 Å². The number of nitrogens with two attached hydrogens (primary N) is 1. The van der Waals surface area contributed by atoms with Gasteiger partial charge in [0.1, 0.15) is 0 Å². The molecule has 2 N–H and O–H groups in total. The molecule has 21 heavy (non-hydrogen) atoms. The molecule has 0 saturated carbocycles. The molecular weight excluding hydrogens is 329 g/mol. The lowest BCUT2D eigenvalue weighted by atomic mass is 10.2. The Bertz CT molecular complexity index is 677. The van der Waals surface area contributed by atoms with E-state index < -0.39 is 0 Å². The quantitative estimate of drug-likeness (QED) is 0.634. The average molecular weight is 342 g/mol. The molecule has 0 spiro atoms. The van der Waals surface area contributed by atoms with Gasteiger partial charge in [-0.25, -0.2) is 4.79 Å². The minimum absolute atomic E-state index is 0.332. The van der Waals surface area contributed by atoms with E-state index in [2.05, 4.69) is 0 Å². The number of rotatable bonds is 4. The Hall–Kier alpha value is -1.36. The van der Waals surface area contributed by atoms with Gasteiger partial charge in [0.25, 0.3) is 0 Å². The van der Waals surface area contributed by atoms with Crippen molar-refractivity contribution in [1.29, 1.82) is 0 Å². The van der Waals surface area contributed by atoms with Gasteiger partial charge in [0.2, 0.25) is 0 Å². The predicted molar refractivity (Wildman–Crippen MR) is 87.4 cm³/mol. The second kappa shape index (κ2) is 7.07. The van der Waals surface area contributed by atoms with Gasteiger partial charge in [0, 0.05) is 15.5 Å². The second-order valence-corrected chi connectivity index (χ2v) is 6.08. The van der Waals surface area contributed by atoms with Crippen molar-refractivity contribution < 1.29 is 9.53 Å². The number of benzene rings is 2. The highest BCUT2D eigenvalue weighted by atomic mass is 35.5. The molecule has 0 bridgehead atoms. The summed E-state index contributed by atoms with van der Waals surface area (Å²) in [4.78, 5) is 13.4. The van der Waals surface area contributed by atoms with Crippen molar-refractivity contribution >= 4 is 46.6 Å². The van der Waals surface area contributed by atoms with Gasteiger partial charge in [-0.3, -0.25) is 0 Å². The lowest BCUT2D eigenvalue weighted by Crippen LogP contribution is -2.05. The summed E-state index contributed by atoms with van der Waals surface area (Å²) in [6, 6.07) is 10.4. The molecule has 0 aromatic heterocycles. The third-order valence-corrected chi connectivity index (χ3v) is 4.46. The Morgan fingerprint density at radius 3 is 2.57 bits per heavy atom. The van der Waals surface area contributed by atoms with Crippen LogP contribution in [0.25, 0.3) is 0 Å². The zero-order valence-corrected chi connectivity index (χ0v) is 13.6. The molecule has 0 fully saturated rings. The average Bonchev–Trinajstić information content (AvgIpc) is 2.45. The third-order valence-electron chi connectivity index (χ3n) is 2.64. The summed E-state index contributed by atoms with van der Waals surface area (Å²) in [5.74, 6) is -0.379. The van der Waals surface area contributed by atoms with Crippen molar-refractivity contribution in [2.75, 3.05) is 12.3 Å². The molecule has 0 aliphatic heterocycles. The first-order chi connectivity index (χ1) is 10.0. The normalized spacial score (nSPS) is 10.4. The molecule has 0 aliphatic rings. The minimum atomic E-state index is -0.379. The van der Waals surface area contributed by atoms with Crippen LogP contribution in [0.5, 0.6) is 0 Å². The maximum absolute atomic E-state index is 11.6. The van der Waals surface area contributed by atoms with Gasteiger partial charge in [-0.1, -0.05) is 35.0 Å². The number of carbonyl (C=O) groups excluding carboxylic acids is 1. The van der Waals surface area contributed by atoms with Crippen molar-refractivity contribution in [3.63, 3.8) is 0 Å². The van der Waals surface area contributed by atoms with Crippen LogP contribution in [0.3, 0.4) is 0 Å². The maximum atomic E-state index is 11.6. The van der Waals surface area contributed by atoms with Crippen LogP contribution in [0.4, 0.5) is 5.69 Å². The number of halogens is 2. The van der Waals surface area contributed by atoms with Crippen LogP contribution in [0.15, 0.2) is 46.2 Å². The lowest BCUT2D eigenvalue weighted by molar-refractivity contribution is 0.0526. The fraction of sp³-hybridized carbons (Fsp3) is 0.133. The highest BCUT2D eigenvalue weighted by Crippen LogP contribution is 2.35. The number of anilines is 1. The monoisotopic (exact) mass is 341 g/mol. The first-order valence-electron chi connectivity index (χ1n) is 6.20.